The Morgan fingerprint density at radius 3 is 2.89 bits per heavy atom. The zero-order valence-corrected chi connectivity index (χ0v) is 10.6. The van der Waals surface area contributed by atoms with E-state index in [9.17, 15) is 4.39 Å². The zero-order chi connectivity index (χ0) is 13.8. The molecule has 0 spiro atoms. The fourth-order valence-corrected chi connectivity index (χ4v) is 1.66. The van der Waals surface area contributed by atoms with Crippen molar-refractivity contribution in [2.75, 3.05) is 12.4 Å². The fraction of sp³-hybridized carbons (Fsp3) is 0.0833. The lowest BCUT2D eigenvalue weighted by Crippen LogP contribution is -2.00. The SMILES string of the molecule is COc1c(Cl)ncnc1Nc1ccc(F)c(C#N)c1. The van der Waals surface area contributed by atoms with E-state index in [0.29, 0.717) is 11.5 Å². The first-order valence-corrected chi connectivity index (χ1v) is 5.54. The molecule has 2 rings (SSSR count). The van der Waals surface area contributed by atoms with E-state index in [2.05, 4.69) is 15.3 Å². The van der Waals surface area contributed by atoms with Gasteiger partial charge in [0.05, 0.1) is 12.7 Å². The van der Waals surface area contributed by atoms with Crippen LogP contribution in [0.25, 0.3) is 0 Å². The molecule has 2 aromatic rings. The lowest BCUT2D eigenvalue weighted by Gasteiger charge is -2.10. The van der Waals surface area contributed by atoms with Gasteiger partial charge in [0.15, 0.2) is 16.7 Å². The van der Waals surface area contributed by atoms with Gasteiger partial charge in [-0.3, -0.25) is 0 Å². The van der Waals surface area contributed by atoms with E-state index < -0.39 is 5.82 Å². The third kappa shape index (κ3) is 2.72. The summed E-state index contributed by atoms with van der Waals surface area (Å²) in [5.41, 5.74) is 0.426. The van der Waals surface area contributed by atoms with E-state index in [-0.39, 0.29) is 16.5 Å². The van der Waals surface area contributed by atoms with Gasteiger partial charge in [0.25, 0.3) is 0 Å². The molecule has 0 aliphatic rings. The molecule has 0 saturated heterocycles. The van der Waals surface area contributed by atoms with Crippen molar-refractivity contribution < 1.29 is 9.13 Å². The minimum Gasteiger partial charge on any atom is -0.490 e. The molecule has 96 valence electrons. The number of benzene rings is 1. The number of nitriles is 1. The standard InChI is InChI=1S/C12H8ClFN4O/c1-19-10-11(13)16-6-17-12(10)18-8-2-3-9(14)7(4-8)5-15/h2-4,6H,1H3,(H,16,17,18). The molecule has 0 bridgehead atoms. The average molecular weight is 279 g/mol. The van der Waals surface area contributed by atoms with E-state index in [4.69, 9.17) is 21.6 Å². The van der Waals surface area contributed by atoms with Gasteiger partial charge in [0, 0.05) is 5.69 Å². The van der Waals surface area contributed by atoms with Crippen LogP contribution in [-0.2, 0) is 0 Å². The number of anilines is 2. The van der Waals surface area contributed by atoms with E-state index in [0.717, 1.165) is 0 Å². The first-order chi connectivity index (χ1) is 9.15. The van der Waals surface area contributed by atoms with Gasteiger partial charge in [-0.15, -0.1) is 0 Å². The Morgan fingerprint density at radius 2 is 2.21 bits per heavy atom. The molecule has 0 aliphatic carbocycles. The summed E-state index contributed by atoms with van der Waals surface area (Å²) in [6.45, 7) is 0. The molecule has 0 radical (unpaired) electrons. The van der Waals surface area contributed by atoms with Crippen LogP contribution in [0.5, 0.6) is 5.75 Å². The molecule has 0 amide bonds. The summed E-state index contributed by atoms with van der Waals surface area (Å²) in [6.07, 6.45) is 1.27. The smallest absolute Gasteiger partial charge is 0.199 e. The van der Waals surface area contributed by atoms with Crippen LogP contribution in [0.1, 0.15) is 5.56 Å². The molecular formula is C12H8ClFN4O. The molecule has 0 atom stereocenters. The minimum absolute atomic E-state index is 0.0656. The van der Waals surface area contributed by atoms with Crippen LogP contribution in [0.15, 0.2) is 24.5 Å². The Balaban J connectivity index is 2.37. The van der Waals surface area contributed by atoms with Gasteiger partial charge in [-0.2, -0.15) is 5.26 Å². The van der Waals surface area contributed by atoms with Crippen molar-refractivity contribution >= 4 is 23.1 Å². The van der Waals surface area contributed by atoms with E-state index >= 15 is 0 Å². The van der Waals surface area contributed by atoms with Crippen LogP contribution in [0.4, 0.5) is 15.9 Å². The molecular weight excluding hydrogens is 271 g/mol. The summed E-state index contributed by atoms with van der Waals surface area (Å²) in [7, 11) is 1.43. The Labute approximate surface area is 113 Å². The molecule has 0 fully saturated rings. The Hall–Kier alpha value is -2.39. The van der Waals surface area contributed by atoms with Gasteiger partial charge >= 0.3 is 0 Å². The summed E-state index contributed by atoms with van der Waals surface area (Å²) in [5.74, 6) is 0.0192. The molecule has 0 saturated carbocycles. The van der Waals surface area contributed by atoms with Crippen molar-refractivity contribution in [3.05, 3.63) is 41.1 Å². The van der Waals surface area contributed by atoms with Gasteiger partial charge in [-0.05, 0) is 18.2 Å². The first-order valence-electron chi connectivity index (χ1n) is 5.17. The topological polar surface area (TPSA) is 70.8 Å². The van der Waals surface area contributed by atoms with Gasteiger partial charge < -0.3 is 10.1 Å². The number of nitrogens with one attached hydrogen (secondary N) is 1. The molecule has 1 heterocycles. The largest absolute Gasteiger partial charge is 0.490 e. The van der Waals surface area contributed by atoms with Gasteiger partial charge in [-0.25, -0.2) is 14.4 Å². The van der Waals surface area contributed by atoms with Crippen LogP contribution < -0.4 is 10.1 Å². The normalized spacial score (nSPS) is 9.79. The van der Waals surface area contributed by atoms with Gasteiger partial charge in [0.2, 0.25) is 0 Å². The highest BCUT2D eigenvalue weighted by Gasteiger charge is 2.11. The van der Waals surface area contributed by atoms with Gasteiger partial charge in [-0.1, -0.05) is 11.6 Å². The van der Waals surface area contributed by atoms with Crippen LogP contribution in [0.2, 0.25) is 5.15 Å². The Kier molecular flexibility index (Phi) is 3.78. The Bertz CT molecular complexity index is 657. The van der Waals surface area contributed by atoms with E-state index in [1.165, 1.54) is 31.6 Å². The molecule has 19 heavy (non-hydrogen) atoms. The molecule has 1 aromatic carbocycles. The predicted molar refractivity (Wildman–Crippen MR) is 68.0 cm³/mol. The number of rotatable bonds is 3. The van der Waals surface area contributed by atoms with Crippen molar-refractivity contribution in [1.29, 1.82) is 5.26 Å². The van der Waals surface area contributed by atoms with Crippen LogP contribution >= 0.6 is 11.6 Å². The summed E-state index contributed by atoms with van der Waals surface area (Å²) < 4.78 is 18.3. The molecule has 5 nitrogen and oxygen atoms in total. The van der Waals surface area contributed by atoms with E-state index in [1.54, 1.807) is 6.07 Å². The molecule has 1 N–H and O–H groups in total. The van der Waals surface area contributed by atoms with Crippen molar-refractivity contribution in [1.82, 2.24) is 9.97 Å². The minimum atomic E-state index is -0.583. The monoisotopic (exact) mass is 278 g/mol. The number of hydrogen-bond acceptors (Lipinski definition) is 5. The second-order valence-corrected chi connectivity index (χ2v) is 3.84. The first kappa shape index (κ1) is 13.1. The van der Waals surface area contributed by atoms with Crippen molar-refractivity contribution in [2.45, 2.75) is 0 Å². The lowest BCUT2D eigenvalue weighted by molar-refractivity contribution is 0.413. The third-order valence-electron chi connectivity index (χ3n) is 2.31. The maximum absolute atomic E-state index is 13.2. The number of hydrogen-bond donors (Lipinski definition) is 1. The molecule has 0 unspecified atom stereocenters. The van der Waals surface area contributed by atoms with Crippen molar-refractivity contribution in [3.63, 3.8) is 0 Å². The van der Waals surface area contributed by atoms with Crippen LogP contribution in [0.3, 0.4) is 0 Å². The quantitative estimate of drug-likeness (QED) is 0.874. The molecule has 0 aliphatic heterocycles. The number of ether oxygens (including phenoxy) is 1. The highest BCUT2D eigenvalue weighted by Crippen LogP contribution is 2.30. The summed E-state index contributed by atoms with van der Waals surface area (Å²) in [4.78, 5) is 7.75. The second kappa shape index (κ2) is 5.50. The lowest BCUT2D eigenvalue weighted by atomic mass is 10.2. The summed E-state index contributed by atoms with van der Waals surface area (Å²) in [6, 6.07) is 5.79. The van der Waals surface area contributed by atoms with Crippen LogP contribution in [0, 0.1) is 17.1 Å². The number of halogens is 2. The maximum Gasteiger partial charge on any atom is 0.199 e. The summed E-state index contributed by atoms with van der Waals surface area (Å²) >= 11 is 5.85. The third-order valence-corrected chi connectivity index (χ3v) is 2.58. The average Bonchev–Trinajstić information content (AvgIpc) is 2.41. The fourth-order valence-electron chi connectivity index (χ4n) is 1.45. The number of aromatic nitrogens is 2. The molecule has 1 aromatic heterocycles. The van der Waals surface area contributed by atoms with Crippen molar-refractivity contribution in [3.8, 4) is 11.8 Å². The number of methoxy groups -OCH3 is 1. The zero-order valence-electron chi connectivity index (χ0n) is 9.82. The Morgan fingerprint density at radius 1 is 1.42 bits per heavy atom. The van der Waals surface area contributed by atoms with Gasteiger partial charge in [0.1, 0.15) is 18.2 Å². The highest BCUT2D eigenvalue weighted by atomic mass is 35.5. The highest BCUT2D eigenvalue weighted by molar-refractivity contribution is 6.31. The predicted octanol–water partition coefficient (Wildman–Crippen LogP) is 2.89. The van der Waals surface area contributed by atoms with Crippen molar-refractivity contribution in [2.24, 2.45) is 0 Å². The number of nitrogens with zero attached hydrogens (tertiary/aromatic N) is 3. The maximum atomic E-state index is 13.2. The summed E-state index contributed by atoms with van der Waals surface area (Å²) in [5, 5.41) is 11.8. The molecule has 7 heteroatoms. The van der Waals surface area contributed by atoms with Crippen LogP contribution in [-0.4, -0.2) is 17.1 Å². The second-order valence-electron chi connectivity index (χ2n) is 3.48. The van der Waals surface area contributed by atoms with E-state index in [1.807, 2.05) is 0 Å².